The molecule has 1 amide bonds. The minimum Gasteiger partial charge on any atom is -0.384 e. The van der Waals surface area contributed by atoms with Crippen molar-refractivity contribution in [1.82, 2.24) is 0 Å². The van der Waals surface area contributed by atoms with E-state index in [2.05, 4.69) is 17.4 Å². The summed E-state index contributed by atoms with van der Waals surface area (Å²) in [7, 11) is 0. The molecule has 0 spiro atoms. The van der Waals surface area contributed by atoms with Gasteiger partial charge in [0.05, 0.1) is 11.3 Å². The Morgan fingerprint density at radius 2 is 1.86 bits per heavy atom. The van der Waals surface area contributed by atoms with E-state index in [4.69, 9.17) is 0 Å². The zero-order chi connectivity index (χ0) is 14.2. The van der Waals surface area contributed by atoms with Crippen molar-refractivity contribution in [2.45, 2.75) is 19.3 Å². The standard InChI is InChI=1S/C18H18N2O/c21-18(20-12-10-13-5-1-2-9-16(13)20)15-8-3-6-14-7-4-11-19-17(14)15/h1-3,5-6,8-9,19H,4,7,10-12H2. The number of hydrogen-bond donors (Lipinski definition) is 1. The summed E-state index contributed by atoms with van der Waals surface area (Å²) in [5.41, 5.74) is 5.45. The summed E-state index contributed by atoms with van der Waals surface area (Å²) >= 11 is 0. The highest BCUT2D eigenvalue weighted by atomic mass is 16.2. The molecule has 0 bridgehead atoms. The van der Waals surface area contributed by atoms with E-state index in [1.807, 2.05) is 35.2 Å². The molecule has 106 valence electrons. The predicted molar refractivity (Wildman–Crippen MR) is 85.1 cm³/mol. The Hall–Kier alpha value is -2.29. The maximum atomic E-state index is 13.0. The molecule has 2 aromatic rings. The van der Waals surface area contributed by atoms with E-state index in [1.54, 1.807) is 0 Å². The van der Waals surface area contributed by atoms with E-state index in [0.29, 0.717) is 0 Å². The molecule has 2 aliphatic rings. The zero-order valence-corrected chi connectivity index (χ0v) is 11.9. The largest absolute Gasteiger partial charge is 0.384 e. The Bertz CT molecular complexity index is 708. The molecule has 4 rings (SSSR count). The smallest absolute Gasteiger partial charge is 0.260 e. The van der Waals surface area contributed by atoms with Crippen LogP contribution in [0.25, 0.3) is 0 Å². The molecule has 0 aromatic heterocycles. The number of aryl methyl sites for hydroxylation is 1. The summed E-state index contributed by atoms with van der Waals surface area (Å²) in [6.07, 6.45) is 3.14. The number of para-hydroxylation sites is 2. The number of carbonyl (C=O) groups is 1. The van der Waals surface area contributed by atoms with Crippen molar-refractivity contribution in [2.75, 3.05) is 23.3 Å². The van der Waals surface area contributed by atoms with Gasteiger partial charge in [-0.1, -0.05) is 30.3 Å². The average molecular weight is 278 g/mol. The van der Waals surface area contributed by atoms with Crippen LogP contribution in [0.3, 0.4) is 0 Å². The van der Waals surface area contributed by atoms with Gasteiger partial charge in [0.2, 0.25) is 0 Å². The summed E-state index contributed by atoms with van der Waals surface area (Å²) in [6.45, 7) is 1.73. The third kappa shape index (κ3) is 2.00. The van der Waals surface area contributed by atoms with Gasteiger partial charge < -0.3 is 10.2 Å². The van der Waals surface area contributed by atoms with Crippen LogP contribution >= 0.6 is 0 Å². The monoisotopic (exact) mass is 278 g/mol. The fourth-order valence-electron chi connectivity index (χ4n) is 3.38. The summed E-state index contributed by atoms with van der Waals surface area (Å²) in [5.74, 6) is 0.117. The summed E-state index contributed by atoms with van der Waals surface area (Å²) in [4.78, 5) is 14.9. The van der Waals surface area contributed by atoms with Crippen molar-refractivity contribution in [2.24, 2.45) is 0 Å². The highest BCUT2D eigenvalue weighted by molar-refractivity contribution is 6.11. The van der Waals surface area contributed by atoms with Crippen molar-refractivity contribution >= 4 is 17.3 Å². The second kappa shape index (κ2) is 4.92. The lowest BCUT2D eigenvalue weighted by atomic mass is 9.99. The molecule has 0 radical (unpaired) electrons. The molecule has 0 aliphatic carbocycles. The number of benzene rings is 2. The van der Waals surface area contributed by atoms with Crippen molar-refractivity contribution in [3.8, 4) is 0 Å². The summed E-state index contributed by atoms with van der Waals surface area (Å²) in [6, 6.07) is 14.3. The number of carbonyl (C=O) groups excluding carboxylic acids is 1. The number of anilines is 2. The number of nitrogens with one attached hydrogen (secondary N) is 1. The van der Waals surface area contributed by atoms with Crippen LogP contribution in [-0.4, -0.2) is 19.0 Å². The second-order valence-corrected chi connectivity index (χ2v) is 5.71. The average Bonchev–Trinajstić information content (AvgIpc) is 2.98. The van der Waals surface area contributed by atoms with Crippen LogP contribution in [0.15, 0.2) is 42.5 Å². The molecule has 21 heavy (non-hydrogen) atoms. The van der Waals surface area contributed by atoms with Gasteiger partial charge in [-0.3, -0.25) is 4.79 Å². The molecule has 1 N–H and O–H groups in total. The third-order valence-corrected chi connectivity index (χ3v) is 4.44. The zero-order valence-electron chi connectivity index (χ0n) is 11.9. The SMILES string of the molecule is O=C(c1cccc2c1NCCC2)N1CCc2ccccc21. The first-order valence-corrected chi connectivity index (χ1v) is 7.60. The Kier molecular flexibility index (Phi) is 2.92. The van der Waals surface area contributed by atoms with Gasteiger partial charge in [-0.25, -0.2) is 0 Å². The van der Waals surface area contributed by atoms with Crippen molar-refractivity contribution < 1.29 is 4.79 Å². The first-order valence-electron chi connectivity index (χ1n) is 7.60. The number of rotatable bonds is 1. The van der Waals surface area contributed by atoms with E-state index in [9.17, 15) is 4.79 Å². The van der Waals surface area contributed by atoms with Crippen LogP contribution in [0.5, 0.6) is 0 Å². The predicted octanol–water partition coefficient (Wildman–Crippen LogP) is 3.25. The van der Waals surface area contributed by atoms with Crippen LogP contribution in [0, 0.1) is 0 Å². The van der Waals surface area contributed by atoms with E-state index in [0.717, 1.165) is 49.3 Å². The van der Waals surface area contributed by atoms with E-state index >= 15 is 0 Å². The molecule has 3 nitrogen and oxygen atoms in total. The van der Waals surface area contributed by atoms with Gasteiger partial charge in [0.15, 0.2) is 0 Å². The quantitative estimate of drug-likeness (QED) is 0.868. The molecule has 0 unspecified atom stereocenters. The number of fused-ring (bicyclic) bond motifs is 2. The minimum atomic E-state index is 0.117. The van der Waals surface area contributed by atoms with Crippen LogP contribution in [0.4, 0.5) is 11.4 Å². The fourth-order valence-corrected chi connectivity index (χ4v) is 3.38. The molecule has 0 saturated heterocycles. The molecule has 2 aromatic carbocycles. The molecular formula is C18H18N2O. The minimum absolute atomic E-state index is 0.117. The first kappa shape index (κ1) is 12.5. The summed E-state index contributed by atoms with van der Waals surface area (Å²) in [5, 5.41) is 3.41. The third-order valence-electron chi connectivity index (χ3n) is 4.44. The van der Waals surface area contributed by atoms with Gasteiger partial charge in [-0.2, -0.15) is 0 Å². The first-order chi connectivity index (χ1) is 10.3. The Morgan fingerprint density at radius 1 is 1.00 bits per heavy atom. The van der Waals surface area contributed by atoms with Crippen LogP contribution in [0.1, 0.15) is 27.9 Å². The maximum Gasteiger partial charge on any atom is 0.260 e. The van der Waals surface area contributed by atoms with Crippen LogP contribution in [0.2, 0.25) is 0 Å². The van der Waals surface area contributed by atoms with Crippen molar-refractivity contribution in [1.29, 1.82) is 0 Å². The molecule has 0 atom stereocenters. The van der Waals surface area contributed by atoms with E-state index < -0.39 is 0 Å². The molecule has 2 aliphatic heterocycles. The molecular weight excluding hydrogens is 260 g/mol. The van der Waals surface area contributed by atoms with E-state index in [-0.39, 0.29) is 5.91 Å². The van der Waals surface area contributed by atoms with Crippen molar-refractivity contribution in [3.63, 3.8) is 0 Å². The molecule has 3 heteroatoms. The topological polar surface area (TPSA) is 32.3 Å². The lowest BCUT2D eigenvalue weighted by Crippen LogP contribution is -2.30. The van der Waals surface area contributed by atoms with Gasteiger partial charge >= 0.3 is 0 Å². The number of hydrogen-bond acceptors (Lipinski definition) is 2. The Balaban J connectivity index is 1.74. The van der Waals surface area contributed by atoms with Gasteiger partial charge in [0, 0.05) is 18.8 Å². The number of amides is 1. The molecule has 0 fully saturated rings. The number of nitrogens with zero attached hydrogens (tertiary/aromatic N) is 1. The fraction of sp³-hybridized carbons (Fsp3) is 0.278. The van der Waals surface area contributed by atoms with Crippen LogP contribution in [-0.2, 0) is 12.8 Å². The second-order valence-electron chi connectivity index (χ2n) is 5.71. The highest BCUT2D eigenvalue weighted by Crippen LogP contribution is 2.32. The lowest BCUT2D eigenvalue weighted by molar-refractivity contribution is 0.0990. The normalized spacial score (nSPS) is 16.1. The summed E-state index contributed by atoms with van der Waals surface area (Å²) < 4.78 is 0. The van der Waals surface area contributed by atoms with Gasteiger partial charge in [-0.15, -0.1) is 0 Å². The highest BCUT2D eigenvalue weighted by Gasteiger charge is 2.27. The maximum absolute atomic E-state index is 13.0. The van der Waals surface area contributed by atoms with E-state index in [1.165, 1.54) is 11.1 Å². The van der Waals surface area contributed by atoms with Crippen LogP contribution < -0.4 is 10.2 Å². The van der Waals surface area contributed by atoms with Gasteiger partial charge in [0.1, 0.15) is 0 Å². The Labute approximate surface area is 124 Å². The lowest BCUT2D eigenvalue weighted by Gasteiger charge is -2.24. The van der Waals surface area contributed by atoms with Crippen molar-refractivity contribution in [3.05, 3.63) is 59.2 Å². The van der Waals surface area contributed by atoms with Gasteiger partial charge in [0.25, 0.3) is 5.91 Å². The Morgan fingerprint density at radius 3 is 2.81 bits per heavy atom. The van der Waals surface area contributed by atoms with Gasteiger partial charge in [-0.05, 0) is 42.5 Å². The molecule has 0 saturated carbocycles. The molecule has 2 heterocycles.